The number of rotatable bonds is 9. The van der Waals surface area contributed by atoms with E-state index in [1.165, 1.54) is 41.4 Å². The second-order valence-corrected chi connectivity index (χ2v) is 9.42. The van der Waals surface area contributed by atoms with Gasteiger partial charge in [0, 0.05) is 37.6 Å². The summed E-state index contributed by atoms with van der Waals surface area (Å²) < 4.78 is 31.7. The van der Waals surface area contributed by atoms with E-state index in [0.717, 1.165) is 18.8 Å². The van der Waals surface area contributed by atoms with Crippen LogP contribution in [0.2, 0.25) is 0 Å². The Morgan fingerprint density at radius 1 is 1.03 bits per heavy atom. The van der Waals surface area contributed by atoms with Crippen LogP contribution in [0.5, 0.6) is 0 Å². The van der Waals surface area contributed by atoms with Crippen LogP contribution in [0.4, 0.5) is 11.4 Å². The lowest BCUT2D eigenvalue weighted by atomic mass is 10.2. The van der Waals surface area contributed by atoms with Gasteiger partial charge in [-0.3, -0.25) is 4.79 Å². The monoisotopic (exact) mass is 459 g/mol. The van der Waals surface area contributed by atoms with Crippen molar-refractivity contribution in [3.05, 3.63) is 54.1 Å². The Morgan fingerprint density at radius 2 is 1.69 bits per heavy atom. The number of hydrogen-bond donors (Lipinski definition) is 1. The summed E-state index contributed by atoms with van der Waals surface area (Å²) in [6.45, 7) is 5.76. The molecule has 1 amide bonds. The zero-order valence-electron chi connectivity index (χ0n) is 18.4. The van der Waals surface area contributed by atoms with E-state index in [9.17, 15) is 18.0 Å². The van der Waals surface area contributed by atoms with E-state index >= 15 is 0 Å². The Kier molecular flexibility index (Phi) is 7.87. The predicted molar refractivity (Wildman–Crippen MR) is 123 cm³/mol. The molecule has 0 saturated carbocycles. The average molecular weight is 460 g/mol. The summed E-state index contributed by atoms with van der Waals surface area (Å²) in [5, 5.41) is 2.70. The molecule has 2 aromatic carbocycles. The lowest BCUT2D eigenvalue weighted by Crippen LogP contribution is -2.30. The molecule has 0 bridgehead atoms. The normalized spacial score (nSPS) is 13.9. The van der Waals surface area contributed by atoms with Crippen molar-refractivity contribution in [1.29, 1.82) is 0 Å². The smallest absolute Gasteiger partial charge is 0.338 e. The van der Waals surface area contributed by atoms with E-state index in [0.29, 0.717) is 18.8 Å². The van der Waals surface area contributed by atoms with Crippen LogP contribution >= 0.6 is 0 Å². The lowest BCUT2D eigenvalue weighted by molar-refractivity contribution is -0.119. The molecule has 0 spiro atoms. The molecule has 1 heterocycles. The number of benzene rings is 2. The molecular weight excluding hydrogens is 430 g/mol. The summed E-state index contributed by atoms with van der Waals surface area (Å²) in [5.41, 5.74) is 1.80. The van der Waals surface area contributed by atoms with Crippen LogP contribution in [0, 0.1) is 0 Å². The van der Waals surface area contributed by atoms with Gasteiger partial charge in [-0.25, -0.2) is 13.2 Å². The number of ether oxygens (including phenoxy) is 1. The SMILES string of the molecule is CCN(CC)S(=O)(=O)c1cccc(C(=O)OCC(=O)Nc2ccc(N3CCCC3)cc2)c1. The van der Waals surface area contributed by atoms with E-state index in [4.69, 9.17) is 4.74 Å². The number of carbonyl (C=O) groups is 2. The highest BCUT2D eigenvalue weighted by Crippen LogP contribution is 2.22. The van der Waals surface area contributed by atoms with Crippen molar-refractivity contribution in [2.75, 3.05) is 43.0 Å². The van der Waals surface area contributed by atoms with Gasteiger partial charge >= 0.3 is 5.97 Å². The highest BCUT2D eigenvalue weighted by molar-refractivity contribution is 7.89. The molecule has 0 unspecified atom stereocenters. The molecular formula is C23H29N3O5S. The highest BCUT2D eigenvalue weighted by atomic mass is 32.2. The summed E-state index contributed by atoms with van der Waals surface area (Å²) in [4.78, 5) is 26.9. The van der Waals surface area contributed by atoms with Crippen LogP contribution in [-0.2, 0) is 19.6 Å². The number of esters is 1. The van der Waals surface area contributed by atoms with Gasteiger partial charge in [0.1, 0.15) is 0 Å². The third kappa shape index (κ3) is 5.66. The molecule has 2 aromatic rings. The molecule has 0 atom stereocenters. The Bertz CT molecular complexity index is 1040. The van der Waals surface area contributed by atoms with E-state index in [2.05, 4.69) is 10.2 Å². The minimum absolute atomic E-state index is 0.0122. The molecule has 1 N–H and O–H groups in total. The zero-order chi connectivity index (χ0) is 23.1. The van der Waals surface area contributed by atoms with Crippen LogP contribution in [0.1, 0.15) is 37.0 Å². The Morgan fingerprint density at radius 3 is 2.31 bits per heavy atom. The predicted octanol–water partition coefficient (Wildman–Crippen LogP) is 3.11. The highest BCUT2D eigenvalue weighted by Gasteiger charge is 2.23. The van der Waals surface area contributed by atoms with Crippen molar-refractivity contribution < 1.29 is 22.7 Å². The van der Waals surface area contributed by atoms with Gasteiger partial charge in [-0.15, -0.1) is 0 Å². The standard InChI is InChI=1S/C23H29N3O5S/c1-3-26(4-2)32(29,30)21-9-7-8-18(16-21)23(28)31-17-22(27)24-19-10-12-20(13-11-19)25-14-5-6-15-25/h7-13,16H,3-6,14-15,17H2,1-2H3,(H,24,27). The molecule has 1 aliphatic heterocycles. The van der Waals surface area contributed by atoms with Gasteiger partial charge in [-0.1, -0.05) is 19.9 Å². The van der Waals surface area contributed by atoms with E-state index < -0.39 is 28.5 Å². The Labute approximate surface area is 189 Å². The first-order valence-corrected chi connectivity index (χ1v) is 12.2. The average Bonchev–Trinajstić information content (AvgIpc) is 3.34. The Balaban J connectivity index is 1.56. The number of anilines is 2. The van der Waals surface area contributed by atoms with E-state index in [1.807, 2.05) is 24.3 Å². The second kappa shape index (κ2) is 10.6. The summed E-state index contributed by atoms with van der Waals surface area (Å²) in [5.74, 6) is -1.24. The maximum absolute atomic E-state index is 12.7. The van der Waals surface area contributed by atoms with Crippen LogP contribution < -0.4 is 10.2 Å². The lowest BCUT2D eigenvalue weighted by Gasteiger charge is -2.18. The molecule has 0 radical (unpaired) electrons. The number of hydrogen-bond acceptors (Lipinski definition) is 6. The van der Waals surface area contributed by atoms with Crippen molar-refractivity contribution in [3.63, 3.8) is 0 Å². The number of nitrogens with zero attached hydrogens (tertiary/aromatic N) is 2. The molecule has 0 aromatic heterocycles. The zero-order valence-corrected chi connectivity index (χ0v) is 19.2. The summed E-state index contributed by atoms with van der Waals surface area (Å²) in [6, 6.07) is 13.2. The summed E-state index contributed by atoms with van der Waals surface area (Å²) >= 11 is 0. The van der Waals surface area contributed by atoms with Crippen LogP contribution in [-0.4, -0.2) is 57.4 Å². The van der Waals surface area contributed by atoms with Gasteiger partial charge in [0.05, 0.1) is 10.5 Å². The Hall–Kier alpha value is -2.91. The number of carbonyl (C=O) groups excluding carboxylic acids is 2. The van der Waals surface area contributed by atoms with Crippen LogP contribution in [0.25, 0.3) is 0 Å². The largest absolute Gasteiger partial charge is 0.452 e. The first-order chi connectivity index (χ1) is 15.3. The molecule has 0 aliphatic carbocycles. The molecule has 172 valence electrons. The number of amides is 1. The topological polar surface area (TPSA) is 96.0 Å². The molecule has 8 nitrogen and oxygen atoms in total. The molecule has 1 aliphatic rings. The molecule has 9 heteroatoms. The van der Waals surface area contributed by atoms with Crippen molar-refractivity contribution in [1.82, 2.24) is 4.31 Å². The van der Waals surface area contributed by atoms with Gasteiger partial charge < -0.3 is 15.0 Å². The summed E-state index contributed by atoms with van der Waals surface area (Å²) in [7, 11) is -3.70. The fraction of sp³-hybridized carbons (Fsp3) is 0.391. The third-order valence-electron chi connectivity index (χ3n) is 5.37. The van der Waals surface area contributed by atoms with E-state index in [1.54, 1.807) is 13.8 Å². The number of sulfonamides is 1. The fourth-order valence-electron chi connectivity index (χ4n) is 3.64. The minimum Gasteiger partial charge on any atom is -0.452 e. The van der Waals surface area contributed by atoms with Gasteiger partial charge in [-0.05, 0) is 55.3 Å². The van der Waals surface area contributed by atoms with E-state index in [-0.39, 0.29) is 10.5 Å². The number of nitrogens with one attached hydrogen (secondary N) is 1. The third-order valence-corrected chi connectivity index (χ3v) is 7.42. The van der Waals surface area contributed by atoms with Gasteiger partial charge in [0.15, 0.2) is 6.61 Å². The molecule has 32 heavy (non-hydrogen) atoms. The fourth-order valence-corrected chi connectivity index (χ4v) is 5.14. The van der Waals surface area contributed by atoms with Crippen LogP contribution in [0.3, 0.4) is 0 Å². The quantitative estimate of drug-likeness (QED) is 0.579. The van der Waals surface area contributed by atoms with Crippen LogP contribution in [0.15, 0.2) is 53.4 Å². The first-order valence-electron chi connectivity index (χ1n) is 10.8. The van der Waals surface area contributed by atoms with Gasteiger partial charge in [-0.2, -0.15) is 4.31 Å². The van der Waals surface area contributed by atoms with Crippen molar-refractivity contribution in [2.45, 2.75) is 31.6 Å². The maximum atomic E-state index is 12.7. The van der Waals surface area contributed by atoms with Crippen molar-refractivity contribution in [3.8, 4) is 0 Å². The molecule has 1 saturated heterocycles. The van der Waals surface area contributed by atoms with Crippen molar-refractivity contribution >= 4 is 33.3 Å². The van der Waals surface area contributed by atoms with Crippen molar-refractivity contribution in [2.24, 2.45) is 0 Å². The molecule has 1 fully saturated rings. The maximum Gasteiger partial charge on any atom is 0.338 e. The van der Waals surface area contributed by atoms with Gasteiger partial charge in [0.2, 0.25) is 10.0 Å². The minimum atomic E-state index is -3.70. The summed E-state index contributed by atoms with van der Waals surface area (Å²) in [6.07, 6.45) is 2.38. The van der Waals surface area contributed by atoms with Gasteiger partial charge in [0.25, 0.3) is 5.91 Å². The molecule has 3 rings (SSSR count). The second-order valence-electron chi connectivity index (χ2n) is 7.48. The first kappa shape index (κ1) is 23.7.